The summed E-state index contributed by atoms with van der Waals surface area (Å²) in [5, 5.41) is 3.00. The second kappa shape index (κ2) is 7.15. The number of rotatable bonds is 4. The number of pyridine rings is 2. The standard InChI is InChI=1S/C22H25N5O2/c1-13-8-15(23)11-27(10-13)19-6-7-24-9-18(19)26-22(28)17-4-5-20-21(25-17)16(12-29-20)14-2-3-14/h4-7,9,12-15H,2-3,8,10-11,23H2,1H3,(H,26,28). The minimum Gasteiger partial charge on any atom is -0.462 e. The first-order valence-electron chi connectivity index (χ1n) is 10.2. The van der Waals surface area contributed by atoms with E-state index in [1.54, 1.807) is 24.7 Å². The molecule has 0 spiro atoms. The van der Waals surface area contributed by atoms with E-state index in [4.69, 9.17) is 10.2 Å². The van der Waals surface area contributed by atoms with Crippen LogP contribution in [0.3, 0.4) is 0 Å². The van der Waals surface area contributed by atoms with Gasteiger partial charge >= 0.3 is 0 Å². The van der Waals surface area contributed by atoms with Crippen LogP contribution in [-0.2, 0) is 0 Å². The molecular formula is C22H25N5O2. The molecule has 7 heteroatoms. The van der Waals surface area contributed by atoms with E-state index in [1.807, 2.05) is 12.1 Å². The third-order valence-corrected chi connectivity index (χ3v) is 5.77. The second-order valence-corrected chi connectivity index (χ2v) is 8.36. The lowest BCUT2D eigenvalue weighted by atomic mass is 9.96. The zero-order valence-corrected chi connectivity index (χ0v) is 16.5. The quantitative estimate of drug-likeness (QED) is 0.706. The SMILES string of the molecule is CC1CC(N)CN(c2ccncc2NC(=O)c2ccc3occ(C4CC4)c3n2)C1. The molecule has 3 aromatic rings. The maximum Gasteiger partial charge on any atom is 0.274 e. The number of aromatic nitrogens is 2. The topological polar surface area (TPSA) is 97.3 Å². The molecule has 1 amide bonds. The number of nitrogens with zero attached hydrogens (tertiary/aromatic N) is 3. The highest BCUT2D eigenvalue weighted by Gasteiger charge is 2.28. The Hall–Kier alpha value is -2.93. The Balaban J connectivity index is 1.41. The molecule has 2 fully saturated rings. The van der Waals surface area contributed by atoms with Crippen LogP contribution in [0.5, 0.6) is 0 Å². The molecule has 29 heavy (non-hydrogen) atoms. The molecule has 2 atom stereocenters. The minimum atomic E-state index is -0.251. The Kier molecular flexibility index (Phi) is 4.47. The van der Waals surface area contributed by atoms with Crippen molar-refractivity contribution in [1.82, 2.24) is 9.97 Å². The van der Waals surface area contributed by atoms with Crippen LogP contribution in [0.4, 0.5) is 11.4 Å². The molecule has 3 N–H and O–H groups in total. The summed E-state index contributed by atoms with van der Waals surface area (Å²) in [5.41, 5.74) is 10.8. The number of hydrogen-bond acceptors (Lipinski definition) is 6. The predicted octanol–water partition coefficient (Wildman–Crippen LogP) is 3.53. The second-order valence-electron chi connectivity index (χ2n) is 8.36. The Bertz CT molecular complexity index is 1050. The number of nitrogens with one attached hydrogen (secondary N) is 1. The van der Waals surface area contributed by atoms with Crippen molar-refractivity contribution in [2.24, 2.45) is 11.7 Å². The van der Waals surface area contributed by atoms with Crippen LogP contribution >= 0.6 is 0 Å². The zero-order valence-electron chi connectivity index (χ0n) is 16.5. The van der Waals surface area contributed by atoms with E-state index in [0.717, 1.165) is 54.7 Å². The van der Waals surface area contributed by atoms with Crippen LogP contribution in [-0.4, -0.2) is 35.0 Å². The first-order chi connectivity index (χ1) is 14.1. The van der Waals surface area contributed by atoms with Gasteiger partial charge in [-0.05, 0) is 49.3 Å². The fourth-order valence-electron chi connectivity index (χ4n) is 4.28. The monoisotopic (exact) mass is 391 g/mol. The number of hydrogen-bond donors (Lipinski definition) is 2. The third-order valence-electron chi connectivity index (χ3n) is 5.77. The molecule has 2 aliphatic rings. The maximum absolute atomic E-state index is 13.0. The summed E-state index contributed by atoms with van der Waals surface area (Å²) in [6, 6.07) is 5.57. The lowest BCUT2D eigenvalue weighted by molar-refractivity contribution is 0.102. The molecule has 1 saturated carbocycles. The van der Waals surface area contributed by atoms with E-state index in [9.17, 15) is 4.79 Å². The summed E-state index contributed by atoms with van der Waals surface area (Å²) in [6.45, 7) is 3.87. The van der Waals surface area contributed by atoms with Gasteiger partial charge in [0.05, 0.1) is 23.8 Å². The molecule has 0 radical (unpaired) electrons. The number of amides is 1. The molecule has 7 nitrogen and oxygen atoms in total. The van der Waals surface area contributed by atoms with Gasteiger partial charge in [-0.3, -0.25) is 9.78 Å². The molecule has 1 aliphatic carbocycles. The van der Waals surface area contributed by atoms with E-state index < -0.39 is 0 Å². The number of furan rings is 1. The van der Waals surface area contributed by atoms with Crippen molar-refractivity contribution in [2.75, 3.05) is 23.3 Å². The highest BCUT2D eigenvalue weighted by atomic mass is 16.3. The van der Waals surface area contributed by atoms with Gasteiger partial charge in [0.1, 0.15) is 11.2 Å². The molecule has 0 aromatic carbocycles. The van der Waals surface area contributed by atoms with Gasteiger partial charge in [0.15, 0.2) is 5.58 Å². The first-order valence-corrected chi connectivity index (χ1v) is 10.2. The van der Waals surface area contributed by atoms with E-state index in [-0.39, 0.29) is 11.9 Å². The van der Waals surface area contributed by atoms with Crippen LogP contribution in [0.25, 0.3) is 11.1 Å². The smallest absolute Gasteiger partial charge is 0.274 e. The molecule has 3 aromatic heterocycles. The van der Waals surface area contributed by atoms with Gasteiger partial charge in [-0.1, -0.05) is 6.92 Å². The van der Waals surface area contributed by atoms with Crippen LogP contribution in [0.1, 0.15) is 48.2 Å². The fourth-order valence-corrected chi connectivity index (χ4v) is 4.28. The average Bonchev–Trinajstić information content (AvgIpc) is 3.46. The lowest BCUT2D eigenvalue weighted by Crippen LogP contribution is -2.46. The van der Waals surface area contributed by atoms with Crippen LogP contribution in [0.2, 0.25) is 0 Å². The van der Waals surface area contributed by atoms with Gasteiger partial charge in [0.25, 0.3) is 5.91 Å². The number of nitrogens with two attached hydrogens (primary N) is 1. The van der Waals surface area contributed by atoms with E-state index in [2.05, 4.69) is 27.1 Å². The molecule has 1 aliphatic heterocycles. The van der Waals surface area contributed by atoms with Crippen molar-refractivity contribution >= 4 is 28.4 Å². The van der Waals surface area contributed by atoms with E-state index in [0.29, 0.717) is 23.2 Å². The Labute approximate surface area is 169 Å². The Morgan fingerprint density at radius 1 is 1.28 bits per heavy atom. The third kappa shape index (κ3) is 3.58. The molecule has 0 bridgehead atoms. The fraction of sp³-hybridized carbons (Fsp3) is 0.409. The lowest BCUT2D eigenvalue weighted by Gasteiger charge is -2.37. The number of carbonyl (C=O) groups excluding carboxylic acids is 1. The number of carbonyl (C=O) groups is 1. The van der Waals surface area contributed by atoms with Crippen LogP contribution in [0, 0.1) is 5.92 Å². The zero-order chi connectivity index (χ0) is 20.0. The van der Waals surface area contributed by atoms with Crippen molar-refractivity contribution in [2.45, 2.75) is 38.1 Å². The number of anilines is 2. The summed E-state index contributed by atoms with van der Waals surface area (Å²) < 4.78 is 5.60. The highest BCUT2D eigenvalue weighted by molar-refractivity contribution is 6.05. The summed E-state index contributed by atoms with van der Waals surface area (Å²) in [7, 11) is 0. The van der Waals surface area contributed by atoms with Gasteiger partial charge in [-0.15, -0.1) is 0 Å². The van der Waals surface area contributed by atoms with E-state index >= 15 is 0 Å². The van der Waals surface area contributed by atoms with Crippen molar-refractivity contribution < 1.29 is 9.21 Å². The Morgan fingerprint density at radius 3 is 2.93 bits per heavy atom. The molecule has 4 heterocycles. The molecule has 150 valence electrons. The van der Waals surface area contributed by atoms with Crippen molar-refractivity contribution in [1.29, 1.82) is 0 Å². The molecular weight excluding hydrogens is 366 g/mol. The maximum atomic E-state index is 13.0. The van der Waals surface area contributed by atoms with Crippen molar-refractivity contribution in [3.8, 4) is 0 Å². The average molecular weight is 391 g/mol. The normalized spacial score (nSPS) is 22.1. The number of piperidine rings is 1. The Morgan fingerprint density at radius 2 is 2.14 bits per heavy atom. The van der Waals surface area contributed by atoms with Gasteiger partial charge in [0.2, 0.25) is 0 Å². The van der Waals surface area contributed by atoms with Gasteiger partial charge in [0, 0.05) is 30.9 Å². The first kappa shape index (κ1) is 18.1. The highest BCUT2D eigenvalue weighted by Crippen LogP contribution is 2.43. The largest absolute Gasteiger partial charge is 0.462 e. The summed E-state index contributed by atoms with van der Waals surface area (Å²) >= 11 is 0. The van der Waals surface area contributed by atoms with Gasteiger partial charge < -0.3 is 20.4 Å². The summed E-state index contributed by atoms with van der Waals surface area (Å²) in [5.74, 6) is 0.761. The number of fused-ring (bicyclic) bond motifs is 1. The summed E-state index contributed by atoms with van der Waals surface area (Å²) in [6.07, 6.45) is 8.53. The molecule has 5 rings (SSSR count). The molecule has 2 unspecified atom stereocenters. The minimum absolute atomic E-state index is 0.126. The van der Waals surface area contributed by atoms with Gasteiger partial charge in [-0.25, -0.2) is 4.98 Å². The van der Waals surface area contributed by atoms with Crippen LogP contribution < -0.4 is 16.0 Å². The molecule has 1 saturated heterocycles. The van der Waals surface area contributed by atoms with Crippen molar-refractivity contribution in [3.05, 3.63) is 48.1 Å². The van der Waals surface area contributed by atoms with Crippen LogP contribution in [0.15, 0.2) is 41.3 Å². The van der Waals surface area contributed by atoms with E-state index in [1.165, 1.54) is 0 Å². The summed E-state index contributed by atoms with van der Waals surface area (Å²) in [4.78, 5) is 24.0. The predicted molar refractivity (Wildman–Crippen MR) is 112 cm³/mol. The van der Waals surface area contributed by atoms with Gasteiger partial charge in [-0.2, -0.15) is 0 Å². The van der Waals surface area contributed by atoms with Crippen molar-refractivity contribution in [3.63, 3.8) is 0 Å².